The number of para-hydroxylation sites is 1. The minimum atomic E-state index is 0.0739. The van der Waals surface area contributed by atoms with Gasteiger partial charge < -0.3 is 9.47 Å². The van der Waals surface area contributed by atoms with E-state index in [9.17, 15) is 0 Å². The van der Waals surface area contributed by atoms with Crippen molar-refractivity contribution in [1.29, 1.82) is 0 Å². The van der Waals surface area contributed by atoms with E-state index in [0.717, 1.165) is 49.7 Å². The molecule has 2 aromatic rings. The number of aromatic nitrogens is 2. The van der Waals surface area contributed by atoms with Gasteiger partial charge in [-0.3, -0.25) is 4.90 Å². The number of rotatable bonds is 7. The van der Waals surface area contributed by atoms with Crippen LogP contribution < -0.4 is 4.74 Å². The Morgan fingerprint density at radius 2 is 1.96 bits per heavy atom. The number of likely N-dealkylation sites (N-methyl/N-ethyl adjacent to an activating group) is 1. The van der Waals surface area contributed by atoms with Gasteiger partial charge in [0.1, 0.15) is 18.5 Å². The van der Waals surface area contributed by atoms with Crippen molar-refractivity contribution >= 4 is 0 Å². The van der Waals surface area contributed by atoms with Crippen LogP contribution in [0.15, 0.2) is 42.7 Å². The van der Waals surface area contributed by atoms with Crippen molar-refractivity contribution in [2.45, 2.75) is 31.9 Å². The van der Waals surface area contributed by atoms with E-state index in [0.29, 0.717) is 6.61 Å². The van der Waals surface area contributed by atoms with Crippen LogP contribution in [0, 0.1) is 0 Å². The second kappa shape index (κ2) is 8.76. The molecule has 1 atom stereocenters. The Bertz CT molecular complexity index is 598. The first-order valence-corrected chi connectivity index (χ1v) is 8.60. The minimum absolute atomic E-state index is 0.0739. The summed E-state index contributed by atoms with van der Waals surface area (Å²) in [6.45, 7) is 3.14. The fraction of sp³-hybridized carbons (Fsp3) is 0.474. The van der Waals surface area contributed by atoms with Crippen LogP contribution in [0.4, 0.5) is 0 Å². The predicted molar refractivity (Wildman–Crippen MR) is 92.8 cm³/mol. The van der Waals surface area contributed by atoms with E-state index >= 15 is 0 Å². The van der Waals surface area contributed by atoms with Gasteiger partial charge in [0.15, 0.2) is 5.82 Å². The third-order valence-corrected chi connectivity index (χ3v) is 4.13. The van der Waals surface area contributed by atoms with Crippen LogP contribution in [0.25, 0.3) is 0 Å². The molecule has 1 fully saturated rings. The standard InChI is InChI=1S/C19H25N3O2/c1-22(10-12-23-17-7-3-2-4-8-17)15-16-13-20-19(21-14-16)18-9-5-6-11-24-18/h2-4,7-8,13-14,18H,5-6,9-12,15H2,1H3. The van der Waals surface area contributed by atoms with Crippen molar-refractivity contribution in [2.24, 2.45) is 0 Å². The zero-order valence-electron chi connectivity index (χ0n) is 14.2. The van der Waals surface area contributed by atoms with E-state index in [-0.39, 0.29) is 6.10 Å². The van der Waals surface area contributed by atoms with E-state index in [4.69, 9.17) is 9.47 Å². The molecule has 0 saturated carbocycles. The molecule has 1 saturated heterocycles. The van der Waals surface area contributed by atoms with Crippen LogP contribution >= 0.6 is 0 Å². The molecular weight excluding hydrogens is 302 g/mol. The lowest BCUT2D eigenvalue weighted by atomic mass is 10.1. The Labute approximate surface area is 143 Å². The van der Waals surface area contributed by atoms with Gasteiger partial charge in [-0.25, -0.2) is 9.97 Å². The molecule has 1 aromatic heterocycles. The van der Waals surface area contributed by atoms with E-state index in [1.165, 1.54) is 6.42 Å². The molecule has 24 heavy (non-hydrogen) atoms. The van der Waals surface area contributed by atoms with E-state index < -0.39 is 0 Å². The first-order valence-electron chi connectivity index (χ1n) is 8.60. The van der Waals surface area contributed by atoms with Crippen molar-refractivity contribution in [1.82, 2.24) is 14.9 Å². The zero-order chi connectivity index (χ0) is 16.6. The summed E-state index contributed by atoms with van der Waals surface area (Å²) in [5.74, 6) is 1.72. The van der Waals surface area contributed by atoms with Gasteiger partial charge in [-0.15, -0.1) is 0 Å². The Kier molecular flexibility index (Phi) is 6.15. The van der Waals surface area contributed by atoms with Crippen LogP contribution in [-0.4, -0.2) is 41.7 Å². The van der Waals surface area contributed by atoms with Crippen LogP contribution in [0.3, 0.4) is 0 Å². The summed E-state index contributed by atoms with van der Waals surface area (Å²) in [5, 5.41) is 0. The van der Waals surface area contributed by atoms with Gasteiger partial charge in [-0.1, -0.05) is 18.2 Å². The Morgan fingerprint density at radius 1 is 1.17 bits per heavy atom. The van der Waals surface area contributed by atoms with Crippen molar-refractivity contribution in [3.63, 3.8) is 0 Å². The minimum Gasteiger partial charge on any atom is -0.492 e. The van der Waals surface area contributed by atoms with Crippen molar-refractivity contribution < 1.29 is 9.47 Å². The molecule has 0 radical (unpaired) electrons. The molecule has 3 rings (SSSR count). The highest BCUT2D eigenvalue weighted by Gasteiger charge is 2.18. The largest absolute Gasteiger partial charge is 0.492 e. The van der Waals surface area contributed by atoms with Crippen molar-refractivity contribution in [3.8, 4) is 5.75 Å². The Morgan fingerprint density at radius 3 is 2.67 bits per heavy atom. The van der Waals surface area contributed by atoms with Gasteiger partial charge in [0.25, 0.3) is 0 Å². The summed E-state index contributed by atoms with van der Waals surface area (Å²) in [4.78, 5) is 11.2. The third kappa shape index (κ3) is 5.01. The average Bonchev–Trinajstić information content (AvgIpc) is 2.64. The van der Waals surface area contributed by atoms with Gasteiger partial charge in [0.2, 0.25) is 0 Å². The van der Waals surface area contributed by atoms with Gasteiger partial charge in [0.05, 0.1) is 0 Å². The lowest BCUT2D eigenvalue weighted by Crippen LogP contribution is -2.24. The highest BCUT2D eigenvalue weighted by Crippen LogP contribution is 2.24. The topological polar surface area (TPSA) is 47.5 Å². The van der Waals surface area contributed by atoms with Crippen LogP contribution in [0.2, 0.25) is 0 Å². The number of hydrogen-bond donors (Lipinski definition) is 0. The van der Waals surface area contributed by atoms with Crippen LogP contribution in [0.1, 0.15) is 36.8 Å². The second-order valence-corrected chi connectivity index (χ2v) is 6.20. The fourth-order valence-electron chi connectivity index (χ4n) is 2.78. The van der Waals surface area contributed by atoms with E-state index in [1.54, 1.807) is 0 Å². The quantitative estimate of drug-likeness (QED) is 0.781. The lowest BCUT2D eigenvalue weighted by molar-refractivity contribution is 0.00938. The molecule has 0 N–H and O–H groups in total. The highest BCUT2D eigenvalue weighted by atomic mass is 16.5. The first-order chi connectivity index (χ1) is 11.8. The Hall–Kier alpha value is -1.98. The molecule has 128 valence electrons. The molecule has 1 aromatic carbocycles. The van der Waals surface area contributed by atoms with E-state index in [2.05, 4.69) is 21.9 Å². The molecule has 0 bridgehead atoms. The lowest BCUT2D eigenvalue weighted by Gasteiger charge is -2.21. The molecule has 0 aliphatic carbocycles. The highest BCUT2D eigenvalue weighted by molar-refractivity contribution is 5.20. The summed E-state index contributed by atoms with van der Waals surface area (Å²) < 4.78 is 11.5. The number of hydrogen-bond acceptors (Lipinski definition) is 5. The van der Waals surface area contributed by atoms with Gasteiger partial charge in [0, 0.05) is 37.7 Å². The summed E-state index contributed by atoms with van der Waals surface area (Å²) in [7, 11) is 2.08. The van der Waals surface area contributed by atoms with Crippen LogP contribution in [-0.2, 0) is 11.3 Å². The number of ether oxygens (including phenoxy) is 2. The van der Waals surface area contributed by atoms with Gasteiger partial charge in [-0.2, -0.15) is 0 Å². The summed E-state index contributed by atoms with van der Waals surface area (Å²) in [6.07, 6.45) is 7.26. The van der Waals surface area contributed by atoms with Crippen molar-refractivity contribution in [2.75, 3.05) is 26.8 Å². The molecular formula is C19H25N3O2. The SMILES string of the molecule is CN(CCOc1ccccc1)Cc1cnc(C2CCCCO2)nc1. The van der Waals surface area contributed by atoms with Crippen LogP contribution in [0.5, 0.6) is 5.75 Å². The molecule has 5 heteroatoms. The summed E-state index contributed by atoms with van der Waals surface area (Å²) >= 11 is 0. The van der Waals surface area contributed by atoms with Gasteiger partial charge >= 0.3 is 0 Å². The van der Waals surface area contributed by atoms with Gasteiger partial charge in [-0.05, 0) is 38.4 Å². The fourth-order valence-corrected chi connectivity index (χ4v) is 2.78. The maximum atomic E-state index is 5.73. The number of benzene rings is 1. The normalized spacial score (nSPS) is 17.8. The summed E-state index contributed by atoms with van der Waals surface area (Å²) in [5.41, 5.74) is 1.11. The Balaban J connectivity index is 1.43. The monoisotopic (exact) mass is 327 g/mol. The molecule has 5 nitrogen and oxygen atoms in total. The van der Waals surface area contributed by atoms with Crippen molar-refractivity contribution in [3.05, 3.63) is 54.1 Å². The second-order valence-electron chi connectivity index (χ2n) is 6.20. The maximum absolute atomic E-state index is 5.73. The molecule has 1 unspecified atom stereocenters. The smallest absolute Gasteiger partial charge is 0.157 e. The molecule has 1 aliphatic heterocycles. The third-order valence-electron chi connectivity index (χ3n) is 4.13. The van der Waals surface area contributed by atoms with E-state index in [1.807, 2.05) is 42.7 Å². The average molecular weight is 327 g/mol. The molecule has 0 spiro atoms. The molecule has 0 amide bonds. The zero-order valence-corrected chi connectivity index (χ0v) is 14.2. The number of nitrogens with zero attached hydrogens (tertiary/aromatic N) is 3. The molecule has 1 aliphatic rings. The predicted octanol–water partition coefficient (Wildman–Crippen LogP) is 3.23. The first kappa shape index (κ1) is 16.9. The maximum Gasteiger partial charge on any atom is 0.157 e. The summed E-state index contributed by atoms with van der Waals surface area (Å²) in [6, 6.07) is 9.89. The molecule has 2 heterocycles.